The van der Waals surface area contributed by atoms with Crippen molar-refractivity contribution in [2.24, 2.45) is 0 Å². The van der Waals surface area contributed by atoms with Gasteiger partial charge in [-0.3, -0.25) is 28.8 Å². The normalized spacial score (nSPS) is 28.7. The molecule has 0 radical (unpaired) electrons. The van der Waals surface area contributed by atoms with Crippen LogP contribution in [0.3, 0.4) is 0 Å². The Morgan fingerprint density at radius 1 is 0.350 bits per heavy atom. The minimum absolute atomic E-state index is 0.271. The third kappa shape index (κ3) is 2.29. The molecular formula is C34H16O6. The summed E-state index contributed by atoms with van der Waals surface area (Å²) in [7, 11) is 0. The molecule has 4 bridgehead atoms. The van der Waals surface area contributed by atoms with Crippen LogP contribution in [0.5, 0.6) is 0 Å². The maximum atomic E-state index is 14.7. The molecule has 188 valence electrons. The lowest BCUT2D eigenvalue weighted by Crippen LogP contribution is -2.46. The molecule has 0 spiro atoms. The van der Waals surface area contributed by atoms with E-state index >= 15 is 0 Å². The number of carbonyl (C=O) groups excluding carboxylic acids is 6. The number of benzene rings is 2. The first kappa shape index (κ1) is 21.8. The fraction of sp³-hybridized carbons (Fsp3) is 0.118. The fourth-order valence-corrected chi connectivity index (χ4v) is 8.10. The van der Waals surface area contributed by atoms with E-state index in [1.54, 1.807) is 0 Å². The number of hydrogen-bond acceptors (Lipinski definition) is 6. The molecule has 9 aliphatic carbocycles. The van der Waals surface area contributed by atoms with Gasteiger partial charge in [-0.2, -0.15) is 0 Å². The first-order chi connectivity index (χ1) is 19.4. The molecule has 0 fully saturated rings. The number of allylic oxidation sites excluding steroid dienone is 12. The lowest BCUT2D eigenvalue weighted by Gasteiger charge is -2.51. The highest BCUT2D eigenvalue weighted by molar-refractivity contribution is 6.48. The number of carbonyl (C=O) groups is 6. The van der Waals surface area contributed by atoms with E-state index in [1.807, 2.05) is 48.5 Å². The van der Waals surface area contributed by atoms with Gasteiger partial charge in [0.1, 0.15) is 0 Å². The van der Waals surface area contributed by atoms with Crippen LogP contribution in [-0.4, -0.2) is 34.7 Å². The monoisotopic (exact) mass is 520 g/mol. The van der Waals surface area contributed by atoms with Crippen LogP contribution in [0.15, 0.2) is 117 Å². The summed E-state index contributed by atoms with van der Waals surface area (Å²) in [4.78, 5) is 79.5. The van der Waals surface area contributed by atoms with Crippen LogP contribution >= 0.6 is 0 Å². The number of ketones is 6. The van der Waals surface area contributed by atoms with Crippen LogP contribution in [0.25, 0.3) is 0 Å². The van der Waals surface area contributed by atoms with Gasteiger partial charge in [0.2, 0.25) is 23.1 Å². The van der Waals surface area contributed by atoms with Crippen molar-refractivity contribution >= 4 is 34.7 Å². The van der Waals surface area contributed by atoms with Crippen molar-refractivity contribution in [3.05, 3.63) is 140 Å². The molecule has 2 aromatic carbocycles. The van der Waals surface area contributed by atoms with Gasteiger partial charge in [-0.25, -0.2) is 0 Å². The molecule has 4 atom stereocenters. The topological polar surface area (TPSA) is 102 Å². The zero-order chi connectivity index (χ0) is 27.2. The molecule has 0 aliphatic heterocycles. The average Bonchev–Trinajstić information content (AvgIpc) is 2.96. The van der Waals surface area contributed by atoms with Crippen LogP contribution in [0.2, 0.25) is 0 Å². The summed E-state index contributed by atoms with van der Waals surface area (Å²) in [6.45, 7) is 0. The molecule has 6 nitrogen and oxygen atoms in total. The van der Waals surface area contributed by atoms with Crippen molar-refractivity contribution in [1.82, 2.24) is 0 Å². The molecule has 0 N–H and O–H groups in total. The Morgan fingerprint density at radius 2 is 0.575 bits per heavy atom. The lowest BCUT2D eigenvalue weighted by atomic mass is 9.49. The summed E-state index contributed by atoms with van der Waals surface area (Å²) in [5.41, 5.74) is 7.19. The molecule has 0 amide bonds. The van der Waals surface area contributed by atoms with Crippen LogP contribution < -0.4 is 0 Å². The number of rotatable bonds is 0. The Bertz CT molecular complexity index is 1740. The predicted octanol–water partition coefficient (Wildman–Crippen LogP) is 3.53. The van der Waals surface area contributed by atoms with Crippen LogP contribution in [-0.2, 0) is 28.8 Å². The summed E-state index contributed by atoms with van der Waals surface area (Å²) in [5.74, 6) is -5.73. The van der Waals surface area contributed by atoms with Gasteiger partial charge < -0.3 is 0 Å². The van der Waals surface area contributed by atoms with Gasteiger partial charge in [-0.1, -0.05) is 48.5 Å². The number of hydrogen-bond donors (Lipinski definition) is 0. The minimum atomic E-state index is -0.653. The minimum Gasteiger partial charge on any atom is -0.289 e. The van der Waals surface area contributed by atoms with Gasteiger partial charge in [-0.05, 0) is 68.9 Å². The van der Waals surface area contributed by atoms with Crippen molar-refractivity contribution in [3.63, 3.8) is 0 Å². The summed E-state index contributed by atoms with van der Waals surface area (Å²) in [6, 6.07) is 15.1. The van der Waals surface area contributed by atoms with Crippen molar-refractivity contribution in [2.75, 3.05) is 0 Å². The Hall–Kier alpha value is -5.10. The summed E-state index contributed by atoms with van der Waals surface area (Å²) in [6.07, 6.45) is 5.31. The standard InChI is InChI=1S/C34H16O6/c35-21-9-17-18(10-22(21)36)26-14-6-2-1-5-13(14)25(17)29-30(26)34(40)32-28-16-8-4-3-7-15(16)27(31(32)33(29)39)19-11-23(37)24(38)12-20(19)28/h1-12,25-28H/t25-,26+,27+,28-. The predicted molar refractivity (Wildman–Crippen MR) is 140 cm³/mol. The zero-order valence-electron chi connectivity index (χ0n) is 20.7. The van der Waals surface area contributed by atoms with Gasteiger partial charge in [-0.15, -0.1) is 0 Å². The first-order valence-corrected chi connectivity index (χ1v) is 13.2. The zero-order valence-corrected chi connectivity index (χ0v) is 20.7. The maximum Gasteiger partial charge on any atom is 0.226 e. The molecule has 11 rings (SSSR count). The largest absolute Gasteiger partial charge is 0.289 e. The van der Waals surface area contributed by atoms with E-state index in [0.717, 1.165) is 22.3 Å². The molecule has 0 unspecified atom stereocenters. The molecular weight excluding hydrogens is 504 g/mol. The molecule has 40 heavy (non-hydrogen) atoms. The highest BCUT2D eigenvalue weighted by atomic mass is 16.2. The highest BCUT2D eigenvalue weighted by Crippen LogP contribution is 2.66. The third-order valence-electron chi connectivity index (χ3n) is 9.49. The van der Waals surface area contributed by atoms with E-state index < -0.39 is 46.8 Å². The van der Waals surface area contributed by atoms with Crippen molar-refractivity contribution in [3.8, 4) is 0 Å². The van der Waals surface area contributed by atoms with Crippen molar-refractivity contribution in [2.45, 2.75) is 23.7 Å². The summed E-state index contributed by atoms with van der Waals surface area (Å²) in [5, 5.41) is 0. The van der Waals surface area contributed by atoms with Gasteiger partial charge in [0.05, 0.1) is 0 Å². The van der Waals surface area contributed by atoms with Gasteiger partial charge in [0.15, 0.2) is 11.6 Å². The second-order valence-corrected chi connectivity index (χ2v) is 11.2. The SMILES string of the molecule is O=C1C=C2C(=CC1=O)[C@H]1C3=C(C(=O)C4=C(C3=O)[C@H]3C5=CC(=O)C(=O)C=C5[C@@H]4c4ccccc43)[C@@H]2c2ccccc21. The Morgan fingerprint density at radius 3 is 0.800 bits per heavy atom. The summed E-state index contributed by atoms with van der Waals surface area (Å²) < 4.78 is 0. The van der Waals surface area contributed by atoms with E-state index in [0.29, 0.717) is 44.6 Å². The van der Waals surface area contributed by atoms with E-state index in [9.17, 15) is 28.8 Å². The third-order valence-corrected chi connectivity index (χ3v) is 9.49. The smallest absolute Gasteiger partial charge is 0.226 e. The Kier molecular flexibility index (Phi) is 3.76. The van der Waals surface area contributed by atoms with Crippen LogP contribution in [0.1, 0.15) is 45.9 Å². The van der Waals surface area contributed by atoms with E-state index in [-0.39, 0.29) is 11.6 Å². The average molecular weight is 520 g/mol. The lowest BCUT2D eigenvalue weighted by molar-refractivity contribution is -0.131. The van der Waals surface area contributed by atoms with Gasteiger partial charge in [0.25, 0.3) is 0 Å². The molecule has 0 heterocycles. The second kappa shape index (κ2) is 6.90. The molecule has 6 heteroatoms. The molecule has 2 aromatic rings. The van der Waals surface area contributed by atoms with Gasteiger partial charge in [0, 0.05) is 46.0 Å². The molecule has 0 saturated heterocycles. The van der Waals surface area contributed by atoms with E-state index in [4.69, 9.17) is 0 Å². The van der Waals surface area contributed by atoms with Crippen LogP contribution in [0.4, 0.5) is 0 Å². The quantitative estimate of drug-likeness (QED) is 0.299. The van der Waals surface area contributed by atoms with E-state index in [1.165, 1.54) is 24.3 Å². The van der Waals surface area contributed by atoms with Gasteiger partial charge >= 0.3 is 0 Å². The molecule has 0 aromatic heterocycles. The molecule has 0 saturated carbocycles. The molecule has 9 aliphatic rings. The second-order valence-electron chi connectivity index (χ2n) is 11.2. The number of Topliss-reactive ketones (excluding diaryl/α,β-unsaturated/α-hetero) is 2. The first-order valence-electron chi connectivity index (χ1n) is 13.2. The Balaban J connectivity index is 1.35. The van der Waals surface area contributed by atoms with E-state index in [2.05, 4.69) is 0 Å². The fourth-order valence-electron chi connectivity index (χ4n) is 8.10. The highest BCUT2D eigenvalue weighted by Gasteiger charge is 2.59. The van der Waals surface area contributed by atoms with Crippen molar-refractivity contribution in [1.29, 1.82) is 0 Å². The van der Waals surface area contributed by atoms with Crippen LogP contribution in [0, 0.1) is 0 Å². The van der Waals surface area contributed by atoms with Crippen molar-refractivity contribution < 1.29 is 28.8 Å². The Labute approximate surface area is 226 Å². The summed E-state index contributed by atoms with van der Waals surface area (Å²) >= 11 is 0. The maximum absolute atomic E-state index is 14.7.